The highest BCUT2D eigenvalue weighted by molar-refractivity contribution is 7.89. The standard InChI is InChI=1S/C26H28ClN5O3S/c1-3-13-35-23-14-17(8-11-20(23)27)21-12-10-19-22(15-18-9-7-16(2)32(18)26(19)29-21)31-36(33,34)25-6-4-5-24(28)30-25/h4-6,8,10-12,14-16,18,31H,3,7,9,13H2,1-2H3,(H2,28,30)/t16-,18-/m1/s1. The molecule has 0 amide bonds. The van der Waals surface area contributed by atoms with Crippen molar-refractivity contribution >= 4 is 39.0 Å². The van der Waals surface area contributed by atoms with Gasteiger partial charge in [-0.25, -0.2) is 9.97 Å². The van der Waals surface area contributed by atoms with Gasteiger partial charge in [0, 0.05) is 17.2 Å². The fraction of sp³-hybridized carbons (Fsp3) is 0.308. The van der Waals surface area contributed by atoms with E-state index in [0.29, 0.717) is 28.6 Å². The smallest absolute Gasteiger partial charge is 0.279 e. The van der Waals surface area contributed by atoms with Gasteiger partial charge in [0.05, 0.1) is 29.1 Å². The Balaban J connectivity index is 1.54. The van der Waals surface area contributed by atoms with Crippen molar-refractivity contribution in [3.8, 4) is 17.0 Å². The molecule has 2 aromatic heterocycles. The number of halogens is 1. The number of fused-ring (bicyclic) bond motifs is 3. The summed E-state index contributed by atoms with van der Waals surface area (Å²) >= 11 is 6.33. The number of rotatable bonds is 7. The van der Waals surface area contributed by atoms with Crippen LogP contribution in [0.5, 0.6) is 5.75 Å². The summed E-state index contributed by atoms with van der Waals surface area (Å²) < 4.78 is 34.8. The summed E-state index contributed by atoms with van der Waals surface area (Å²) in [6.07, 6.45) is 4.74. The summed E-state index contributed by atoms with van der Waals surface area (Å²) in [5, 5.41) is 0.422. The van der Waals surface area contributed by atoms with Gasteiger partial charge < -0.3 is 15.4 Å². The van der Waals surface area contributed by atoms with Crippen LogP contribution < -0.4 is 20.1 Å². The molecule has 3 N–H and O–H groups in total. The van der Waals surface area contributed by atoms with Crippen LogP contribution in [0.25, 0.3) is 17.0 Å². The minimum atomic E-state index is -3.94. The molecule has 0 aliphatic carbocycles. The molecular formula is C26H28ClN5O3S. The van der Waals surface area contributed by atoms with Crippen LogP contribution in [0.4, 0.5) is 11.6 Å². The Morgan fingerprint density at radius 3 is 2.78 bits per heavy atom. The molecule has 1 fully saturated rings. The highest BCUT2D eigenvalue weighted by atomic mass is 35.5. The second kappa shape index (κ2) is 9.63. The first-order valence-electron chi connectivity index (χ1n) is 12.0. The molecule has 0 unspecified atom stereocenters. The summed E-state index contributed by atoms with van der Waals surface area (Å²) in [5.74, 6) is 1.50. The number of hydrogen-bond donors (Lipinski definition) is 2. The van der Waals surface area contributed by atoms with Crippen LogP contribution in [0.3, 0.4) is 0 Å². The second-order valence-electron chi connectivity index (χ2n) is 9.05. The predicted molar refractivity (Wildman–Crippen MR) is 142 cm³/mol. The molecule has 1 saturated heterocycles. The summed E-state index contributed by atoms with van der Waals surface area (Å²) in [6, 6.07) is 14.3. The van der Waals surface area contributed by atoms with Crippen molar-refractivity contribution in [1.29, 1.82) is 0 Å². The Bertz CT molecular complexity index is 1440. The third-order valence-electron chi connectivity index (χ3n) is 6.43. The molecule has 5 rings (SSSR count). The molecule has 0 saturated carbocycles. The molecule has 3 aromatic rings. The third kappa shape index (κ3) is 4.60. The van der Waals surface area contributed by atoms with Crippen LogP contribution in [-0.4, -0.2) is 37.1 Å². The molecule has 0 radical (unpaired) electrons. The second-order valence-corrected chi connectivity index (χ2v) is 11.1. The topological polar surface area (TPSA) is 110 Å². The Morgan fingerprint density at radius 2 is 2.00 bits per heavy atom. The zero-order valence-electron chi connectivity index (χ0n) is 20.1. The number of nitrogens with one attached hydrogen (secondary N) is 1. The zero-order valence-corrected chi connectivity index (χ0v) is 21.7. The Morgan fingerprint density at radius 1 is 1.17 bits per heavy atom. The first kappa shape index (κ1) is 24.4. The summed E-state index contributed by atoms with van der Waals surface area (Å²) in [4.78, 5) is 11.3. The quantitative estimate of drug-likeness (QED) is 0.453. The Hall–Kier alpha value is -3.30. The molecule has 4 heterocycles. The lowest BCUT2D eigenvalue weighted by Gasteiger charge is -2.35. The van der Waals surface area contributed by atoms with Crippen LogP contribution in [0.1, 0.15) is 38.7 Å². The lowest BCUT2D eigenvalue weighted by molar-refractivity contribution is 0.318. The van der Waals surface area contributed by atoms with Gasteiger partial charge in [-0.15, -0.1) is 0 Å². The van der Waals surface area contributed by atoms with E-state index in [9.17, 15) is 8.42 Å². The van der Waals surface area contributed by atoms with Gasteiger partial charge in [0.2, 0.25) is 0 Å². The van der Waals surface area contributed by atoms with Gasteiger partial charge in [-0.2, -0.15) is 8.42 Å². The van der Waals surface area contributed by atoms with Gasteiger partial charge in [0.25, 0.3) is 10.0 Å². The van der Waals surface area contributed by atoms with Crippen molar-refractivity contribution in [2.45, 2.75) is 50.2 Å². The Kier molecular flexibility index (Phi) is 6.53. The monoisotopic (exact) mass is 525 g/mol. The minimum absolute atomic E-state index is 0.0374. The molecule has 36 heavy (non-hydrogen) atoms. The average Bonchev–Trinajstić information content (AvgIpc) is 3.23. The highest BCUT2D eigenvalue weighted by Gasteiger charge is 2.37. The molecule has 2 atom stereocenters. The zero-order chi connectivity index (χ0) is 25.4. The lowest BCUT2D eigenvalue weighted by Crippen LogP contribution is -2.39. The maximum Gasteiger partial charge on any atom is 0.279 e. The van der Waals surface area contributed by atoms with E-state index in [1.54, 1.807) is 12.1 Å². The fourth-order valence-electron chi connectivity index (χ4n) is 4.70. The van der Waals surface area contributed by atoms with Crippen LogP contribution in [-0.2, 0) is 10.0 Å². The predicted octanol–water partition coefficient (Wildman–Crippen LogP) is 4.86. The fourth-order valence-corrected chi connectivity index (χ4v) is 5.92. The van der Waals surface area contributed by atoms with Crippen molar-refractivity contribution in [1.82, 2.24) is 14.7 Å². The minimum Gasteiger partial charge on any atom is -0.492 e. The van der Waals surface area contributed by atoms with Gasteiger partial charge in [-0.05, 0) is 68.7 Å². The van der Waals surface area contributed by atoms with E-state index < -0.39 is 10.0 Å². The van der Waals surface area contributed by atoms with E-state index in [4.69, 9.17) is 27.1 Å². The lowest BCUT2D eigenvalue weighted by atomic mass is 10.0. The van der Waals surface area contributed by atoms with Crippen molar-refractivity contribution in [2.24, 2.45) is 0 Å². The summed E-state index contributed by atoms with van der Waals surface area (Å²) in [5.41, 5.74) is 8.55. The third-order valence-corrected chi connectivity index (χ3v) is 8.01. The number of nitrogen functional groups attached to an aromatic ring is 1. The van der Waals surface area contributed by atoms with Crippen molar-refractivity contribution < 1.29 is 13.2 Å². The normalized spacial score (nSPS) is 18.9. The van der Waals surface area contributed by atoms with Gasteiger partial charge in [-0.3, -0.25) is 4.72 Å². The van der Waals surface area contributed by atoms with Crippen molar-refractivity contribution in [3.05, 3.63) is 65.2 Å². The van der Waals surface area contributed by atoms with Crippen LogP contribution in [0.2, 0.25) is 5.02 Å². The van der Waals surface area contributed by atoms with E-state index in [-0.39, 0.29) is 22.9 Å². The SMILES string of the molecule is CCCOc1cc(-c2ccc3c(n2)N2[C@H](C)CC[C@@H]2C=C3NS(=O)(=O)c2cccc(N)n2)ccc1Cl. The molecule has 0 bridgehead atoms. The average molecular weight is 526 g/mol. The van der Waals surface area contributed by atoms with Crippen LogP contribution in [0.15, 0.2) is 59.6 Å². The van der Waals surface area contributed by atoms with Gasteiger partial charge in [-0.1, -0.05) is 30.7 Å². The maximum absolute atomic E-state index is 13.1. The van der Waals surface area contributed by atoms with Gasteiger partial charge in [0.1, 0.15) is 17.4 Å². The molecular weight excluding hydrogens is 498 g/mol. The number of nitrogens with zero attached hydrogens (tertiary/aromatic N) is 3. The highest BCUT2D eigenvalue weighted by Crippen LogP contribution is 2.41. The molecule has 2 aliphatic rings. The van der Waals surface area contributed by atoms with E-state index >= 15 is 0 Å². The van der Waals surface area contributed by atoms with Crippen LogP contribution >= 0.6 is 11.6 Å². The summed E-state index contributed by atoms with van der Waals surface area (Å²) in [6.45, 7) is 4.78. The number of nitrogens with two attached hydrogens (primary N) is 1. The number of pyridine rings is 2. The Labute approximate surface area is 216 Å². The number of anilines is 2. The van der Waals surface area contributed by atoms with E-state index in [2.05, 4.69) is 21.5 Å². The van der Waals surface area contributed by atoms with E-state index in [1.165, 1.54) is 6.07 Å². The van der Waals surface area contributed by atoms with Gasteiger partial charge >= 0.3 is 0 Å². The number of hydrogen-bond acceptors (Lipinski definition) is 7. The molecule has 188 valence electrons. The molecule has 8 nitrogen and oxygen atoms in total. The van der Waals surface area contributed by atoms with Crippen molar-refractivity contribution in [3.63, 3.8) is 0 Å². The first-order chi connectivity index (χ1) is 17.3. The number of benzene rings is 1. The maximum atomic E-state index is 13.1. The van der Waals surface area contributed by atoms with E-state index in [1.807, 2.05) is 43.3 Å². The molecule has 10 heteroatoms. The largest absolute Gasteiger partial charge is 0.492 e. The van der Waals surface area contributed by atoms with E-state index in [0.717, 1.165) is 36.3 Å². The molecule has 2 aliphatic heterocycles. The summed E-state index contributed by atoms with van der Waals surface area (Å²) in [7, 11) is -3.94. The van der Waals surface area contributed by atoms with Crippen molar-refractivity contribution in [2.75, 3.05) is 17.2 Å². The first-order valence-corrected chi connectivity index (χ1v) is 13.8. The van der Waals surface area contributed by atoms with Crippen LogP contribution in [0, 0.1) is 0 Å². The number of sulfonamides is 1. The number of ether oxygens (including phenoxy) is 1. The van der Waals surface area contributed by atoms with Gasteiger partial charge in [0.15, 0.2) is 5.03 Å². The number of aromatic nitrogens is 2. The molecule has 1 aromatic carbocycles. The molecule has 0 spiro atoms.